The highest BCUT2D eigenvalue weighted by Crippen LogP contribution is 2.57. The van der Waals surface area contributed by atoms with Crippen molar-refractivity contribution in [2.45, 2.75) is 5.41 Å². The van der Waals surface area contributed by atoms with Gasteiger partial charge >= 0.3 is 0 Å². The van der Waals surface area contributed by atoms with Crippen molar-refractivity contribution >= 4 is 22.7 Å². The molecule has 2 N–H and O–H groups in total. The van der Waals surface area contributed by atoms with E-state index in [4.69, 9.17) is 0 Å². The number of benzene rings is 10. The zero-order chi connectivity index (χ0) is 42.0. The third kappa shape index (κ3) is 6.79. The van der Waals surface area contributed by atoms with E-state index in [9.17, 15) is 0 Å². The van der Waals surface area contributed by atoms with Gasteiger partial charge < -0.3 is 10.6 Å². The van der Waals surface area contributed by atoms with Gasteiger partial charge in [0, 0.05) is 33.6 Å². The van der Waals surface area contributed by atoms with Crippen LogP contribution in [0, 0.1) is 0 Å². The molecule has 0 heterocycles. The molecule has 0 saturated carbocycles. The normalized spacial score (nSPS) is 12.3. The van der Waals surface area contributed by atoms with E-state index in [1.54, 1.807) is 0 Å². The maximum atomic E-state index is 4.10. The Morgan fingerprint density at radius 2 is 0.540 bits per heavy atom. The Kier molecular flexibility index (Phi) is 9.80. The summed E-state index contributed by atoms with van der Waals surface area (Å²) in [4.78, 5) is 0. The minimum atomic E-state index is -0.620. The van der Waals surface area contributed by atoms with Crippen molar-refractivity contribution in [3.05, 3.63) is 277 Å². The van der Waals surface area contributed by atoms with Gasteiger partial charge in [0.15, 0.2) is 0 Å². The number of anilines is 4. The second-order valence-corrected chi connectivity index (χ2v) is 16.2. The zero-order valence-electron chi connectivity index (χ0n) is 34.7. The monoisotopic (exact) mass is 804 g/mol. The number of hydrogen-bond donors (Lipinski definition) is 2. The van der Waals surface area contributed by atoms with Gasteiger partial charge in [0.2, 0.25) is 0 Å². The smallest absolute Gasteiger partial charge is 0.0715 e. The fourth-order valence-corrected chi connectivity index (χ4v) is 9.80. The molecule has 11 rings (SSSR count). The Hall–Kier alpha value is -8.20. The number of nitrogens with one attached hydrogen (secondary N) is 2. The van der Waals surface area contributed by atoms with E-state index < -0.39 is 5.41 Å². The van der Waals surface area contributed by atoms with E-state index in [0.29, 0.717) is 0 Å². The Balaban J connectivity index is 1.20. The highest BCUT2D eigenvalue weighted by molar-refractivity contribution is 5.96. The topological polar surface area (TPSA) is 24.1 Å². The first-order chi connectivity index (χ1) is 31.3. The maximum Gasteiger partial charge on any atom is 0.0715 e. The molecule has 0 unspecified atom stereocenters. The van der Waals surface area contributed by atoms with Crippen LogP contribution in [-0.4, -0.2) is 0 Å². The summed E-state index contributed by atoms with van der Waals surface area (Å²) in [6.45, 7) is 0. The van der Waals surface area contributed by atoms with Crippen LogP contribution in [0.4, 0.5) is 22.7 Å². The van der Waals surface area contributed by atoms with Crippen LogP contribution in [0.15, 0.2) is 255 Å². The van der Waals surface area contributed by atoms with Crippen molar-refractivity contribution < 1.29 is 0 Å². The van der Waals surface area contributed by atoms with Crippen LogP contribution < -0.4 is 10.6 Å². The van der Waals surface area contributed by atoms with E-state index >= 15 is 0 Å². The molecule has 1 aliphatic rings. The summed E-state index contributed by atoms with van der Waals surface area (Å²) in [5.41, 5.74) is 20.0. The largest absolute Gasteiger partial charge is 0.354 e. The molecule has 0 fully saturated rings. The molecule has 2 heteroatoms. The summed E-state index contributed by atoms with van der Waals surface area (Å²) < 4.78 is 0. The second kappa shape index (κ2) is 16.3. The Morgan fingerprint density at radius 1 is 0.238 bits per heavy atom. The highest BCUT2D eigenvalue weighted by atomic mass is 14.9. The predicted octanol–water partition coefficient (Wildman–Crippen LogP) is 16.2. The maximum absolute atomic E-state index is 4.10. The van der Waals surface area contributed by atoms with Crippen LogP contribution in [0.25, 0.3) is 55.6 Å². The number of fused-ring (bicyclic) bond motifs is 3. The average Bonchev–Trinajstić information content (AvgIpc) is 3.66. The van der Waals surface area contributed by atoms with Crippen LogP contribution in [0.2, 0.25) is 0 Å². The summed E-state index contributed by atoms with van der Waals surface area (Å²) >= 11 is 0. The van der Waals surface area contributed by atoms with Crippen LogP contribution in [0.5, 0.6) is 0 Å². The molecule has 2 nitrogen and oxygen atoms in total. The molecular formula is C61H44N2. The van der Waals surface area contributed by atoms with Crippen molar-refractivity contribution in [2.24, 2.45) is 0 Å². The molecule has 0 radical (unpaired) electrons. The Labute approximate surface area is 369 Å². The molecule has 10 aromatic rings. The van der Waals surface area contributed by atoms with Crippen LogP contribution in [0.3, 0.4) is 0 Å². The van der Waals surface area contributed by atoms with Crippen LogP contribution in [-0.2, 0) is 5.41 Å². The minimum Gasteiger partial charge on any atom is -0.354 e. The summed E-state index contributed by atoms with van der Waals surface area (Å²) in [6.07, 6.45) is 0. The molecule has 10 aromatic carbocycles. The van der Waals surface area contributed by atoms with E-state index in [1.807, 2.05) is 0 Å². The summed E-state index contributed by atoms with van der Waals surface area (Å²) in [5, 5.41) is 8.19. The van der Waals surface area contributed by atoms with Crippen molar-refractivity contribution in [3.8, 4) is 55.6 Å². The fourth-order valence-electron chi connectivity index (χ4n) is 9.80. The second-order valence-electron chi connectivity index (χ2n) is 16.2. The van der Waals surface area contributed by atoms with Gasteiger partial charge in [-0.2, -0.15) is 0 Å². The molecule has 0 aromatic heterocycles. The first-order valence-electron chi connectivity index (χ1n) is 21.7. The lowest BCUT2D eigenvalue weighted by atomic mass is 9.67. The third-order valence-corrected chi connectivity index (χ3v) is 12.5. The molecule has 0 amide bonds. The first kappa shape index (κ1) is 37.8. The number of hydrogen-bond acceptors (Lipinski definition) is 2. The fraction of sp³-hybridized carbons (Fsp3) is 0.0164. The molecule has 63 heavy (non-hydrogen) atoms. The minimum absolute atomic E-state index is 0.620. The lowest BCUT2D eigenvalue weighted by Gasteiger charge is -2.35. The van der Waals surface area contributed by atoms with Crippen molar-refractivity contribution in [2.75, 3.05) is 10.6 Å². The van der Waals surface area contributed by atoms with E-state index in [0.717, 1.165) is 72.8 Å². The highest BCUT2D eigenvalue weighted by Gasteiger charge is 2.46. The Bertz CT molecular complexity index is 2890. The standard InChI is InChI=1S/C61H44N2/c1-6-22-43(23-7-1)51-34-20-35-52(44-24-8-2-9-25-44)59(51)62-49-40-48(61(47-30-14-5-15-31-47)57-38-18-16-32-55(57)56-33-17-19-39-58(56)61)41-50(42-49)63-60-53(45-26-10-3-11-27-45)36-21-37-54(60)46-28-12-4-13-29-46/h1-42,62-63H. The van der Waals surface area contributed by atoms with E-state index in [1.165, 1.54) is 27.8 Å². The number of para-hydroxylation sites is 2. The summed E-state index contributed by atoms with van der Waals surface area (Å²) in [6, 6.07) is 92.1. The molecule has 0 bridgehead atoms. The van der Waals surface area contributed by atoms with Crippen molar-refractivity contribution in [3.63, 3.8) is 0 Å². The first-order valence-corrected chi connectivity index (χ1v) is 21.7. The average molecular weight is 805 g/mol. The zero-order valence-corrected chi connectivity index (χ0v) is 34.7. The van der Waals surface area contributed by atoms with Gasteiger partial charge in [0.1, 0.15) is 0 Å². The molecule has 1 aliphatic carbocycles. The quantitative estimate of drug-likeness (QED) is 0.144. The van der Waals surface area contributed by atoms with Gasteiger partial charge in [-0.25, -0.2) is 0 Å². The molecule has 0 saturated heterocycles. The summed E-state index contributed by atoms with van der Waals surface area (Å²) in [5.74, 6) is 0. The van der Waals surface area contributed by atoms with Gasteiger partial charge in [-0.05, 0) is 73.8 Å². The van der Waals surface area contributed by atoms with Crippen molar-refractivity contribution in [1.29, 1.82) is 0 Å². The molecule has 0 atom stereocenters. The lowest BCUT2D eigenvalue weighted by Crippen LogP contribution is -2.28. The predicted molar refractivity (Wildman–Crippen MR) is 265 cm³/mol. The number of rotatable bonds is 10. The van der Waals surface area contributed by atoms with Crippen molar-refractivity contribution in [1.82, 2.24) is 0 Å². The van der Waals surface area contributed by atoms with Gasteiger partial charge in [0.25, 0.3) is 0 Å². The molecule has 0 aliphatic heterocycles. The van der Waals surface area contributed by atoms with Gasteiger partial charge in [-0.15, -0.1) is 0 Å². The summed E-state index contributed by atoms with van der Waals surface area (Å²) in [7, 11) is 0. The molecule has 0 spiro atoms. The lowest BCUT2D eigenvalue weighted by molar-refractivity contribution is 0.769. The van der Waals surface area contributed by atoms with Gasteiger partial charge in [-0.1, -0.05) is 237 Å². The SMILES string of the molecule is c1ccc(-c2cccc(-c3ccccc3)c2Nc2cc(Nc3c(-c4ccccc4)cccc3-c3ccccc3)cc(C3(c4ccccc4)c4ccccc4-c4ccccc43)c2)cc1. The Morgan fingerprint density at radius 3 is 0.905 bits per heavy atom. The molecule has 298 valence electrons. The van der Waals surface area contributed by atoms with Crippen LogP contribution in [0.1, 0.15) is 22.3 Å². The molecular weight excluding hydrogens is 761 g/mol. The van der Waals surface area contributed by atoms with Gasteiger partial charge in [-0.3, -0.25) is 0 Å². The van der Waals surface area contributed by atoms with Crippen LogP contribution >= 0.6 is 0 Å². The van der Waals surface area contributed by atoms with E-state index in [-0.39, 0.29) is 0 Å². The third-order valence-electron chi connectivity index (χ3n) is 12.5. The van der Waals surface area contributed by atoms with E-state index in [2.05, 4.69) is 265 Å². The van der Waals surface area contributed by atoms with Gasteiger partial charge in [0.05, 0.1) is 16.8 Å².